The van der Waals surface area contributed by atoms with Crippen molar-refractivity contribution in [2.45, 2.75) is 51.0 Å². The SMILES string of the molecule is COc1ccc(F)cc1[C@H](Cn1c(=O)n(C2CCNC2=O)c(=O)c2c(C)c(-c3ncco3)sc21)OC1CCOCC1. The number of aryl methyl sites for hydroxylation is 1. The topological polar surface area (TPSA) is 127 Å². The van der Waals surface area contributed by atoms with Crippen molar-refractivity contribution in [2.75, 3.05) is 26.9 Å². The monoisotopic (exact) mass is 584 g/mol. The maximum atomic E-state index is 14.6. The number of halogens is 1. The van der Waals surface area contributed by atoms with Crippen LogP contribution in [-0.2, 0) is 20.8 Å². The van der Waals surface area contributed by atoms with Gasteiger partial charge in [-0.25, -0.2) is 18.7 Å². The number of carbonyl (C=O) groups is 1. The van der Waals surface area contributed by atoms with Gasteiger partial charge in [0, 0.05) is 25.3 Å². The third-order valence-corrected chi connectivity index (χ3v) is 8.92. The van der Waals surface area contributed by atoms with Crippen molar-refractivity contribution in [2.24, 2.45) is 0 Å². The number of oxazole rings is 1. The summed E-state index contributed by atoms with van der Waals surface area (Å²) in [7, 11) is 1.48. The second-order valence-electron chi connectivity index (χ2n) is 10.1. The van der Waals surface area contributed by atoms with Crippen LogP contribution < -0.4 is 21.3 Å². The van der Waals surface area contributed by atoms with Crippen LogP contribution in [0.1, 0.15) is 42.5 Å². The molecule has 1 N–H and O–H groups in total. The number of rotatable bonds is 8. The molecule has 0 saturated carbocycles. The molecule has 0 spiro atoms. The molecule has 13 heteroatoms. The lowest BCUT2D eigenvalue weighted by molar-refractivity contribution is -0.122. The minimum absolute atomic E-state index is 0.0634. The molecule has 2 aliphatic heterocycles. The fraction of sp³-hybridized carbons (Fsp3) is 0.429. The number of amides is 1. The summed E-state index contributed by atoms with van der Waals surface area (Å²) in [6.45, 7) is 3.10. The summed E-state index contributed by atoms with van der Waals surface area (Å²) in [5.74, 6) is -0.157. The molecule has 5 heterocycles. The van der Waals surface area contributed by atoms with Gasteiger partial charge in [0.25, 0.3) is 5.56 Å². The molecule has 2 aliphatic rings. The summed E-state index contributed by atoms with van der Waals surface area (Å²) in [6.07, 6.45) is 3.48. The van der Waals surface area contributed by atoms with Gasteiger partial charge in [-0.3, -0.25) is 14.2 Å². The number of methoxy groups -OCH3 is 1. The van der Waals surface area contributed by atoms with E-state index >= 15 is 0 Å². The molecule has 41 heavy (non-hydrogen) atoms. The summed E-state index contributed by atoms with van der Waals surface area (Å²) >= 11 is 1.20. The van der Waals surface area contributed by atoms with E-state index in [1.807, 2.05) is 0 Å². The van der Waals surface area contributed by atoms with Crippen LogP contribution in [0, 0.1) is 12.7 Å². The molecule has 1 unspecified atom stereocenters. The number of aromatic nitrogens is 3. The molecule has 1 amide bonds. The fourth-order valence-corrected chi connectivity index (χ4v) is 6.79. The minimum atomic E-state index is -0.950. The van der Waals surface area contributed by atoms with Crippen LogP contribution in [0.2, 0.25) is 0 Å². The van der Waals surface area contributed by atoms with Gasteiger partial charge in [-0.15, -0.1) is 11.3 Å². The molecule has 2 saturated heterocycles. The van der Waals surface area contributed by atoms with E-state index < -0.39 is 35.1 Å². The Morgan fingerprint density at radius 3 is 2.71 bits per heavy atom. The van der Waals surface area contributed by atoms with Gasteiger partial charge in [0.15, 0.2) is 0 Å². The van der Waals surface area contributed by atoms with E-state index in [4.69, 9.17) is 18.6 Å². The summed E-state index contributed by atoms with van der Waals surface area (Å²) in [4.78, 5) is 45.9. The Bertz CT molecular complexity index is 1700. The first kappa shape index (κ1) is 27.4. The summed E-state index contributed by atoms with van der Waals surface area (Å²) < 4.78 is 40.1. The van der Waals surface area contributed by atoms with Crippen LogP contribution in [0.4, 0.5) is 4.39 Å². The predicted molar refractivity (Wildman–Crippen MR) is 148 cm³/mol. The number of benzene rings is 1. The zero-order chi connectivity index (χ0) is 28.7. The number of nitrogens with zero attached hydrogens (tertiary/aromatic N) is 3. The van der Waals surface area contributed by atoms with Crippen molar-refractivity contribution in [3.05, 3.63) is 68.4 Å². The van der Waals surface area contributed by atoms with Crippen LogP contribution in [0.3, 0.4) is 0 Å². The van der Waals surface area contributed by atoms with Gasteiger partial charge in [-0.05, 0) is 49.9 Å². The van der Waals surface area contributed by atoms with Gasteiger partial charge in [-0.2, -0.15) is 0 Å². The van der Waals surface area contributed by atoms with E-state index in [2.05, 4.69) is 10.3 Å². The second-order valence-corrected chi connectivity index (χ2v) is 11.1. The van der Waals surface area contributed by atoms with Crippen molar-refractivity contribution in [3.63, 3.8) is 0 Å². The molecule has 0 aliphatic carbocycles. The summed E-state index contributed by atoms with van der Waals surface area (Å²) in [5.41, 5.74) is -0.194. The largest absolute Gasteiger partial charge is 0.496 e. The van der Waals surface area contributed by atoms with Gasteiger partial charge in [0.05, 0.1) is 36.2 Å². The third kappa shape index (κ3) is 4.98. The Labute approximate surface area is 237 Å². The van der Waals surface area contributed by atoms with Gasteiger partial charge >= 0.3 is 5.69 Å². The standard InChI is InChI=1S/C28H29FN4O7S/c1-15-22-26(35)33(19-5-8-30-24(19)34)28(36)32(27(22)41-23(15)25-31-9-12-39-25)14-21(40-17-6-10-38-11-7-17)18-13-16(29)3-4-20(18)37-2/h3-4,9,12-13,17,19,21H,5-8,10-11,14H2,1-2H3,(H,30,34)/t19?,21-/m0/s1. The number of carbonyl (C=O) groups excluding carboxylic acids is 1. The molecule has 0 bridgehead atoms. The molecule has 4 aromatic rings. The van der Waals surface area contributed by atoms with E-state index in [9.17, 15) is 18.8 Å². The van der Waals surface area contributed by atoms with E-state index in [1.54, 1.807) is 6.92 Å². The average molecular weight is 585 g/mol. The lowest BCUT2D eigenvalue weighted by atomic mass is 10.1. The molecular formula is C28H29FN4O7S. The Morgan fingerprint density at radius 2 is 2.02 bits per heavy atom. The smallest absolute Gasteiger partial charge is 0.332 e. The second kappa shape index (κ2) is 11.2. The molecule has 2 atom stereocenters. The summed E-state index contributed by atoms with van der Waals surface area (Å²) in [5, 5.41) is 3.00. The van der Waals surface area contributed by atoms with Crippen molar-refractivity contribution < 1.29 is 27.8 Å². The van der Waals surface area contributed by atoms with Crippen LogP contribution >= 0.6 is 11.3 Å². The molecule has 11 nitrogen and oxygen atoms in total. The first-order chi connectivity index (χ1) is 19.9. The van der Waals surface area contributed by atoms with E-state index in [0.29, 0.717) is 76.9 Å². The van der Waals surface area contributed by atoms with Crippen molar-refractivity contribution in [1.29, 1.82) is 0 Å². The van der Waals surface area contributed by atoms with Crippen LogP contribution in [-0.4, -0.2) is 53.0 Å². The van der Waals surface area contributed by atoms with E-state index in [0.717, 1.165) is 4.57 Å². The molecule has 6 rings (SSSR count). The zero-order valence-corrected chi connectivity index (χ0v) is 23.4. The minimum Gasteiger partial charge on any atom is -0.496 e. The number of thiophene rings is 1. The number of fused-ring (bicyclic) bond motifs is 1. The number of hydrogen-bond donors (Lipinski definition) is 1. The van der Waals surface area contributed by atoms with Crippen LogP contribution in [0.25, 0.3) is 21.0 Å². The quantitative estimate of drug-likeness (QED) is 0.334. The van der Waals surface area contributed by atoms with Crippen LogP contribution in [0.5, 0.6) is 5.75 Å². The fourth-order valence-electron chi connectivity index (χ4n) is 5.55. The highest BCUT2D eigenvalue weighted by molar-refractivity contribution is 7.22. The van der Waals surface area contributed by atoms with Crippen molar-refractivity contribution in [3.8, 4) is 16.5 Å². The maximum Gasteiger partial charge on any atom is 0.332 e. The third-order valence-electron chi connectivity index (χ3n) is 7.61. The highest BCUT2D eigenvalue weighted by atomic mass is 32.1. The molecular weight excluding hydrogens is 555 g/mol. The normalized spacial score (nSPS) is 18.6. The molecule has 2 fully saturated rings. The Kier molecular flexibility index (Phi) is 7.49. The molecule has 1 aromatic carbocycles. The number of hydrogen-bond acceptors (Lipinski definition) is 9. The van der Waals surface area contributed by atoms with Gasteiger partial charge in [0.2, 0.25) is 11.8 Å². The molecule has 0 radical (unpaired) electrons. The van der Waals surface area contributed by atoms with Crippen molar-refractivity contribution in [1.82, 2.24) is 19.4 Å². The van der Waals surface area contributed by atoms with Gasteiger partial charge in [0.1, 0.15) is 34.8 Å². The van der Waals surface area contributed by atoms with Crippen LogP contribution in [0.15, 0.2) is 44.7 Å². The van der Waals surface area contributed by atoms with Gasteiger partial charge < -0.3 is 23.9 Å². The molecule has 216 valence electrons. The lowest BCUT2D eigenvalue weighted by Gasteiger charge is -2.29. The van der Waals surface area contributed by atoms with E-state index in [-0.39, 0.29) is 12.6 Å². The van der Waals surface area contributed by atoms with E-state index in [1.165, 1.54) is 53.7 Å². The maximum absolute atomic E-state index is 14.6. The first-order valence-electron chi connectivity index (χ1n) is 13.4. The van der Waals surface area contributed by atoms with Gasteiger partial charge in [-0.1, -0.05) is 0 Å². The first-order valence-corrected chi connectivity index (χ1v) is 14.2. The lowest BCUT2D eigenvalue weighted by Crippen LogP contribution is -2.44. The number of ether oxygens (including phenoxy) is 3. The van der Waals surface area contributed by atoms with Crippen molar-refractivity contribution >= 4 is 27.5 Å². The highest BCUT2D eigenvalue weighted by Gasteiger charge is 2.33. The molecule has 3 aromatic heterocycles. The zero-order valence-electron chi connectivity index (χ0n) is 22.6. The summed E-state index contributed by atoms with van der Waals surface area (Å²) in [6, 6.07) is 3.20. The number of nitrogens with one attached hydrogen (secondary N) is 1. The predicted octanol–water partition coefficient (Wildman–Crippen LogP) is 3.33. The Morgan fingerprint density at radius 1 is 1.22 bits per heavy atom. The Balaban J connectivity index is 1.57. The average Bonchev–Trinajstić information content (AvgIpc) is 3.72. The Hall–Kier alpha value is -3.81. The highest BCUT2D eigenvalue weighted by Crippen LogP contribution is 2.38.